The van der Waals surface area contributed by atoms with Gasteiger partial charge in [0, 0.05) is 0 Å². The van der Waals surface area contributed by atoms with E-state index in [1.54, 1.807) is 0 Å². The zero-order valence-electron chi connectivity index (χ0n) is 9.87. The molecular formula is C14H22O. The molecule has 0 saturated heterocycles. The van der Waals surface area contributed by atoms with Gasteiger partial charge >= 0.3 is 0 Å². The predicted molar refractivity (Wildman–Crippen MR) is 64.9 cm³/mol. The molecule has 0 spiro atoms. The van der Waals surface area contributed by atoms with Crippen LogP contribution in [0.25, 0.3) is 0 Å². The summed E-state index contributed by atoms with van der Waals surface area (Å²) in [4.78, 5) is 0. The lowest BCUT2D eigenvalue weighted by Crippen LogP contribution is -1.96. The van der Waals surface area contributed by atoms with Crippen molar-refractivity contribution in [3.63, 3.8) is 0 Å². The highest BCUT2D eigenvalue weighted by atomic mass is 16.3. The molecule has 1 aromatic rings. The van der Waals surface area contributed by atoms with E-state index in [4.69, 9.17) is 0 Å². The highest BCUT2D eigenvalue weighted by Crippen LogP contribution is 2.19. The Morgan fingerprint density at radius 1 is 1.07 bits per heavy atom. The van der Waals surface area contributed by atoms with Crippen LogP contribution in [0.5, 0.6) is 0 Å². The van der Waals surface area contributed by atoms with Gasteiger partial charge in [0.2, 0.25) is 0 Å². The first kappa shape index (κ1) is 12.3. The summed E-state index contributed by atoms with van der Waals surface area (Å²) in [6.45, 7) is 4.30. The molecule has 1 atom stereocenters. The first-order chi connectivity index (χ1) is 7.27. The number of hydrogen-bond donors (Lipinski definition) is 1. The number of aliphatic hydroxyl groups is 1. The first-order valence-corrected chi connectivity index (χ1v) is 6.04. The second-order valence-electron chi connectivity index (χ2n) is 4.15. The lowest BCUT2D eigenvalue weighted by atomic mass is 10.0. The van der Waals surface area contributed by atoms with Gasteiger partial charge in [-0.2, -0.15) is 0 Å². The lowest BCUT2D eigenvalue weighted by molar-refractivity contribution is 0.166. The maximum Gasteiger partial charge on any atom is 0.0790 e. The van der Waals surface area contributed by atoms with Crippen molar-refractivity contribution < 1.29 is 5.11 Å². The van der Waals surface area contributed by atoms with Crippen molar-refractivity contribution in [1.29, 1.82) is 0 Å². The normalized spacial score (nSPS) is 12.7. The van der Waals surface area contributed by atoms with E-state index < -0.39 is 0 Å². The molecule has 1 rings (SSSR count). The molecule has 0 radical (unpaired) electrons. The zero-order chi connectivity index (χ0) is 11.1. The van der Waals surface area contributed by atoms with Gasteiger partial charge < -0.3 is 5.11 Å². The van der Waals surface area contributed by atoms with Crippen LogP contribution in [0, 0.1) is 0 Å². The number of aliphatic hydroxyl groups excluding tert-OH is 1. The quantitative estimate of drug-likeness (QED) is 0.749. The van der Waals surface area contributed by atoms with E-state index in [0.29, 0.717) is 0 Å². The summed E-state index contributed by atoms with van der Waals surface area (Å²) >= 11 is 0. The topological polar surface area (TPSA) is 20.2 Å². The van der Waals surface area contributed by atoms with E-state index in [1.807, 2.05) is 0 Å². The molecule has 0 bridgehead atoms. The smallest absolute Gasteiger partial charge is 0.0790 e. The summed E-state index contributed by atoms with van der Waals surface area (Å²) < 4.78 is 0. The fourth-order valence-corrected chi connectivity index (χ4v) is 1.73. The van der Waals surface area contributed by atoms with E-state index in [2.05, 4.69) is 38.1 Å². The van der Waals surface area contributed by atoms with Crippen LogP contribution in [-0.4, -0.2) is 5.11 Å². The Balaban J connectivity index is 2.55. The molecule has 0 aliphatic heterocycles. The Bertz CT molecular complexity index is 263. The summed E-state index contributed by atoms with van der Waals surface area (Å²) in [6.07, 6.45) is 5.24. The van der Waals surface area contributed by atoms with Gasteiger partial charge in [-0.3, -0.25) is 0 Å². The fourth-order valence-electron chi connectivity index (χ4n) is 1.73. The van der Waals surface area contributed by atoms with Crippen molar-refractivity contribution in [2.45, 2.75) is 52.1 Å². The number of unbranched alkanes of at least 4 members (excludes halogenated alkanes) is 1. The van der Waals surface area contributed by atoms with Crippen molar-refractivity contribution >= 4 is 0 Å². The van der Waals surface area contributed by atoms with Gasteiger partial charge in [0.05, 0.1) is 6.10 Å². The fraction of sp³-hybridized carbons (Fsp3) is 0.571. The zero-order valence-corrected chi connectivity index (χ0v) is 9.87. The van der Waals surface area contributed by atoms with Crippen LogP contribution in [0.4, 0.5) is 0 Å². The molecule has 1 heteroatoms. The van der Waals surface area contributed by atoms with E-state index >= 15 is 0 Å². The third-order valence-corrected chi connectivity index (χ3v) is 2.75. The van der Waals surface area contributed by atoms with E-state index in [9.17, 15) is 5.11 Å². The average molecular weight is 206 g/mol. The summed E-state index contributed by atoms with van der Waals surface area (Å²) in [5.74, 6) is 0. The van der Waals surface area contributed by atoms with Crippen LogP contribution in [0.15, 0.2) is 24.3 Å². The summed E-state index contributed by atoms with van der Waals surface area (Å²) in [5, 5.41) is 9.79. The molecule has 84 valence electrons. The van der Waals surface area contributed by atoms with Gasteiger partial charge in [0.15, 0.2) is 0 Å². The number of hydrogen-bond acceptors (Lipinski definition) is 1. The molecule has 0 heterocycles. The monoisotopic (exact) mass is 206 g/mol. The third-order valence-electron chi connectivity index (χ3n) is 2.75. The molecule has 0 fully saturated rings. The second kappa shape index (κ2) is 6.62. The Morgan fingerprint density at radius 2 is 1.73 bits per heavy atom. The first-order valence-electron chi connectivity index (χ1n) is 6.04. The van der Waals surface area contributed by atoms with E-state index in [0.717, 1.165) is 24.8 Å². The van der Waals surface area contributed by atoms with E-state index in [-0.39, 0.29) is 6.10 Å². The molecule has 0 amide bonds. The molecule has 1 aromatic carbocycles. The Labute approximate surface area is 93.1 Å². The van der Waals surface area contributed by atoms with Crippen molar-refractivity contribution in [3.05, 3.63) is 35.4 Å². The van der Waals surface area contributed by atoms with Crippen LogP contribution in [0.3, 0.4) is 0 Å². The van der Waals surface area contributed by atoms with Gasteiger partial charge in [0.25, 0.3) is 0 Å². The molecule has 0 saturated carbocycles. The molecule has 0 aliphatic carbocycles. The summed E-state index contributed by atoms with van der Waals surface area (Å²) in [6, 6.07) is 8.41. The molecule has 1 nitrogen and oxygen atoms in total. The highest BCUT2D eigenvalue weighted by molar-refractivity contribution is 5.24. The van der Waals surface area contributed by atoms with Gasteiger partial charge in [0.1, 0.15) is 0 Å². The molecule has 0 aliphatic rings. The molecule has 1 N–H and O–H groups in total. The third kappa shape index (κ3) is 4.05. The maximum absolute atomic E-state index is 9.79. The van der Waals surface area contributed by atoms with Crippen molar-refractivity contribution in [1.82, 2.24) is 0 Å². The Kier molecular flexibility index (Phi) is 5.41. The SMILES string of the molecule is CCCCc1ccc(C(O)CCC)cc1. The second-order valence-corrected chi connectivity index (χ2v) is 4.15. The van der Waals surface area contributed by atoms with Gasteiger partial charge in [-0.05, 0) is 30.4 Å². The van der Waals surface area contributed by atoms with Crippen molar-refractivity contribution in [2.24, 2.45) is 0 Å². The molecule has 0 aromatic heterocycles. The Morgan fingerprint density at radius 3 is 2.27 bits per heavy atom. The summed E-state index contributed by atoms with van der Waals surface area (Å²) in [5.41, 5.74) is 2.43. The highest BCUT2D eigenvalue weighted by Gasteiger charge is 2.05. The van der Waals surface area contributed by atoms with Crippen LogP contribution < -0.4 is 0 Å². The number of benzene rings is 1. The van der Waals surface area contributed by atoms with Crippen LogP contribution in [0.2, 0.25) is 0 Å². The predicted octanol–water partition coefficient (Wildman–Crippen LogP) is 3.86. The van der Waals surface area contributed by atoms with E-state index in [1.165, 1.54) is 18.4 Å². The minimum absolute atomic E-state index is 0.282. The molecule has 1 unspecified atom stereocenters. The molecular weight excluding hydrogens is 184 g/mol. The van der Waals surface area contributed by atoms with Gasteiger partial charge in [-0.25, -0.2) is 0 Å². The summed E-state index contributed by atoms with van der Waals surface area (Å²) in [7, 11) is 0. The number of rotatable bonds is 6. The van der Waals surface area contributed by atoms with Crippen molar-refractivity contribution in [3.8, 4) is 0 Å². The standard InChI is InChI=1S/C14H22O/c1-3-5-7-12-8-10-13(11-9-12)14(15)6-4-2/h8-11,14-15H,3-7H2,1-2H3. The van der Waals surface area contributed by atoms with Crippen LogP contribution in [-0.2, 0) is 6.42 Å². The van der Waals surface area contributed by atoms with Crippen LogP contribution >= 0.6 is 0 Å². The number of aryl methyl sites for hydroxylation is 1. The minimum atomic E-state index is -0.282. The van der Waals surface area contributed by atoms with Gasteiger partial charge in [-0.1, -0.05) is 51.0 Å². The van der Waals surface area contributed by atoms with Crippen molar-refractivity contribution in [2.75, 3.05) is 0 Å². The average Bonchev–Trinajstić information content (AvgIpc) is 2.27. The largest absolute Gasteiger partial charge is 0.388 e. The Hall–Kier alpha value is -0.820. The molecule has 15 heavy (non-hydrogen) atoms. The van der Waals surface area contributed by atoms with Crippen LogP contribution in [0.1, 0.15) is 56.8 Å². The lowest BCUT2D eigenvalue weighted by Gasteiger charge is -2.10. The minimum Gasteiger partial charge on any atom is -0.388 e. The van der Waals surface area contributed by atoms with Gasteiger partial charge in [-0.15, -0.1) is 0 Å². The maximum atomic E-state index is 9.79.